The first kappa shape index (κ1) is 16.6. The number of halogens is 1. The molecule has 1 saturated carbocycles. The van der Waals surface area contributed by atoms with Gasteiger partial charge in [-0.1, -0.05) is 61.0 Å². The molecular weight excluding hydrogens is 330 g/mol. The number of hydrogen-bond acceptors (Lipinski definition) is 2. The second-order valence-electron chi connectivity index (χ2n) is 7.22. The SMILES string of the molecule is Cl.N[C@@H](c1ccc2ccc3cccc4ccc1c2c34)[C@H](O)C1CCC1. The molecule has 0 bridgehead atoms. The number of benzene rings is 4. The van der Waals surface area contributed by atoms with Crippen molar-refractivity contribution in [2.45, 2.75) is 31.4 Å². The van der Waals surface area contributed by atoms with Crippen molar-refractivity contribution in [1.82, 2.24) is 0 Å². The van der Waals surface area contributed by atoms with Crippen molar-refractivity contribution < 1.29 is 5.11 Å². The minimum Gasteiger partial charge on any atom is -0.391 e. The van der Waals surface area contributed by atoms with Crippen LogP contribution in [-0.4, -0.2) is 11.2 Å². The summed E-state index contributed by atoms with van der Waals surface area (Å²) in [6.07, 6.45) is 2.96. The van der Waals surface area contributed by atoms with Crippen molar-refractivity contribution in [2.24, 2.45) is 11.7 Å². The summed E-state index contributed by atoms with van der Waals surface area (Å²) in [5.41, 5.74) is 7.57. The lowest BCUT2D eigenvalue weighted by Gasteiger charge is -2.34. The molecule has 5 rings (SSSR count). The standard InChI is InChI=1S/C22H21NO.ClH/c23-21(22(24)16-5-2-6-16)18-12-10-15-8-7-13-3-1-4-14-9-11-17(18)20(15)19(13)14;/h1,3-4,7-12,16,21-22,24H,2,5-6,23H2;1H/t21-,22+;/m0./s1. The van der Waals surface area contributed by atoms with Crippen LogP contribution in [0.1, 0.15) is 30.9 Å². The van der Waals surface area contributed by atoms with Crippen LogP contribution in [-0.2, 0) is 0 Å². The molecule has 0 aromatic heterocycles. The van der Waals surface area contributed by atoms with E-state index in [1.165, 1.54) is 38.7 Å². The zero-order chi connectivity index (χ0) is 16.3. The Hall–Kier alpha value is -1.87. The molecule has 0 aliphatic heterocycles. The second-order valence-corrected chi connectivity index (χ2v) is 7.22. The molecule has 3 N–H and O–H groups in total. The van der Waals surface area contributed by atoms with Gasteiger partial charge in [0.05, 0.1) is 12.1 Å². The van der Waals surface area contributed by atoms with Crippen molar-refractivity contribution in [3.05, 3.63) is 60.2 Å². The highest BCUT2D eigenvalue weighted by molar-refractivity contribution is 6.23. The topological polar surface area (TPSA) is 46.2 Å². The average molecular weight is 352 g/mol. The zero-order valence-electron chi connectivity index (χ0n) is 14.0. The maximum Gasteiger partial charge on any atom is 0.0761 e. The van der Waals surface area contributed by atoms with Crippen molar-refractivity contribution in [1.29, 1.82) is 0 Å². The number of hydrogen-bond donors (Lipinski definition) is 2. The first-order chi connectivity index (χ1) is 11.7. The molecule has 2 nitrogen and oxygen atoms in total. The molecule has 4 aromatic carbocycles. The van der Waals surface area contributed by atoms with Crippen LogP contribution in [0.4, 0.5) is 0 Å². The molecule has 4 aromatic rings. The number of aliphatic hydroxyl groups is 1. The summed E-state index contributed by atoms with van der Waals surface area (Å²) in [7, 11) is 0. The normalized spacial score (nSPS) is 17.5. The Morgan fingerprint density at radius 1 is 0.840 bits per heavy atom. The Bertz CT molecular complexity index is 1020. The fourth-order valence-corrected chi connectivity index (χ4v) is 4.31. The molecule has 2 atom stereocenters. The van der Waals surface area contributed by atoms with Gasteiger partial charge in [0.2, 0.25) is 0 Å². The van der Waals surface area contributed by atoms with Gasteiger partial charge in [-0.2, -0.15) is 0 Å². The summed E-state index contributed by atoms with van der Waals surface area (Å²) >= 11 is 0. The molecule has 0 unspecified atom stereocenters. The maximum absolute atomic E-state index is 10.7. The first-order valence-electron chi connectivity index (χ1n) is 8.84. The van der Waals surface area contributed by atoms with E-state index in [-0.39, 0.29) is 18.4 Å². The molecule has 0 saturated heterocycles. The van der Waals surface area contributed by atoms with Crippen molar-refractivity contribution in [3.63, 3.8) is 0 Å². The van der Waals surface area contributed by atoms with Crippen LogP contribution >= 0.6 is 12.4 Å². The molecule has 1 aliphatic carbocycles. The summed E-state index contributed by atoms with van der Waals surface area (Å²) in [6, 6.07) is 19.1. The Morgan fingerprint density at radius 2 is 1.44 bits per heavy atom. The van der Waals surface area contributed by atoms with Gasteiger partial charge in [0, 0.05) is 0 Å². The van der Waals surface area contributed by atoms with Gasteiger partial charge in [-0.25, -0.2) is 0 Å². The number of aliphatic hydroxyl groups excluding tert-OH is 1. The smallest absolute Gasteiger partial charge is 0.0761 e. The van der Waals surface area contributed by atoms with E-state index < -0.39 is 6.10 Å². The van der Waals surface area contributed by atoms with E-state index in [1.807, 2.05) is 0 Å². The lowest BCUT2D eigenvalue weighted by molar-refractivity contribution is 0.0417. The van der Waals surface area contributed by atoms with Crippen LogP contribution in [0, 0.1) is 5.92 Å². The van der Waals surface area contributed by atoms with Crippen molar-refractivity contribution in [2.75, 3.05) is 0 Å². The van der Waals surface area contributed by atoms with E-state index in [9.17, 15) is 5.11 Å². The quantitative estimate of drug-likeness (QED) is 0.500. The van der Waals surface area contributed by atoms with Gasteiger partial charge in [-0.05, 0) is 56.6 Å². The van der Waals surface area contributed by atoms with Gasteiger partial charge in [-0.3, -0.25) is 0 Å². The molecule has 1 aliphatic rings. The molecule has 0 radical (unpaired) electrons. The van der Waals surface area contributed by atoms with Gasteiger partial charge in [0.25, 0.3) is 0 Å². The van der Waals surface area contributed by atoms with Crippen molar-refractivity contribution >= 4 is 44.7 Å². The highest BCUT2D eigenvalue weighted by atomic mass is 35.5. The first-order valence-corrected chi connectivity index (χ1v) is 8.84. The third-order valence-corrected chi connectivity index (χ3v) is 5.92. The van der Waals surface area contributed by atoms with E-state index >= 15 is 0 Å². The molecule has 0 amide bonds. The van der Waals surface area contributed by atoms with Crippen LogP contribution in [0.25, 0.3) is 32.3 Å². The largest absolute Gasteiger partial charge is 0.391 e. The molecule has 1 fully saturated rings. The fourth-order valence-electron chi connectivity index (χ4n) is 4.31. The third kappa shape index (κ3) is 2.40. The van der Waals surface area contributed by atoms with E-state index in [0.717, 1.165) is 18.4 Å². The van der Waals surface area contributed by atoms with Crippen molar-refractivity contribution in [3.8, 4) is 0 Å². The monoisotopic (exact) mass is 351 g/mol. The molecule has 25 heavy (non-hydrogen) atoms. The minimum absolute atomic E-state index is 0. The highest BCUT2D eigenvalue weighted by Gasteiger charge is 2.31. The van der Waals surface area contributed by atoms with Gasteiger partial charge in [0.15, 0.2) is 0 Å². The minimum atomic E-state index is -0.447. The summed E-state index contributed by atoms with van der Waals surface area (Å²) in [6.45, 7) is 0. The summed E-state index contributed by atoms with van der Waals surface area (Å²) in [4.78, 5) is 0. The van der Waals surface area contributed by atoms with Crippen LogP contribution < -0.4 is 5.73 Å². The van der Waals surface area contributed by atoms with Gasteiger partial charge < -0.3 is 10.8 Å². The third-order valence-electron chi connectivity index (χ3n) is 5.92. The van der Waals surface area contributed by atoms with E-state index in [0.29, 0.717) is 5.92 Å². The van der Waals surface area contributed by atoms with Crippen LogP contribution in [0.3, 0.4) is 0 Å². The second kappa shape index (κ2) is 6.14. The molecular formula is C22H22ClNO. The summed E-state index contributed by atoms with van der Waals surface area (Å²) < 4.78 is 0. The Kier molecular flexibility index (Phi) is 4.07. The lowest BCUT2D eigenvalue weighted by Crippen LogP contribution is -2.36. The Labute approximate surface area is 153 Å². The Balaban J connectivity index is 0.00000157. The Morgan fingerprint density at radius 3 is 2.08 bits per heavy atom. The van der Waals surface area contributed by atoms with Gasteiger partial charge in [-0.15, -0.1) is 12.4 Å². The number of rotatable bonds is 3. The van der Waals surface area contributed by atoms with Crippen LogP contribution in [0.2, 0.25) is 0 Å². The lowest BCUT2D eigenvalue weighted by atomic mass is 9.76. The van der Waals surface area contributed by atoms with Crippen LogP contribution in [0.5, 0.6) is 0 Å². The summed E-state index contributed by atoms with van der Waals surface area (Å²) in [5, 5.41) is 18.2. The molecule has 128 valence electrons. The van der Waals surface area contributed by atoms with Gasteiger partial charge >= 0.3 is 0 Å². The average Bonchev–Trinajstić information content (AvgIpc) is 2.57. The maximum atomic E-state index is 10.7. The molecule has 0 spiro atoms. The van der Waals surface area contributed by atoms with Gasteiger partial charge in [0.1, 0.15) is 0 Å². The van der Waals surface area contributed by atoms with E-state index in [1.54, 1.807) is 0 Å². The van der Waals surface area contributed by atoms with Crippen LogP contribution in [0.15, 0.2) is 54.6 Å². The molecule has 3 heteroatoms. The zero-order valence-corrected chi connectivity index (χ0v) is 14.8. The van der Waals surface area contributed by atoms with E-state index in [2.05, 4.69) is 54.6 Å². The predicted molar refractivity (Wildman–Crippen MR) is 108 cm³/mol. The fraction of sp³-hybridized carbons (Fsp3) is 0.273. The predicted octanol–water partition coefficient (Wildman–Crippen LogP) is 5.17. The number of nitrogens with two attached hydrogens (primary N) is 1. The highest BCUT2D eigenvalue weighted by Crippen LogP contribution is 2.40. The van der Waals surface area contributed by atoms with E-state index in [4.69, 9.17) is 5.73 Å². The molecule has 0 heterocycles. The summed E-state index contributed by atoms with van der Waals surface area (Å²) in [5.74, 6) is 0.360.